The molecule has 1 heterocycles. The molecule has 4 nitrogen and oxygen atoms in total. The Hall–Kier alpha value is -1.39. The molecule has 4 heteroatoms. The van der Waals surface area contributed by atoms with Crippen LogP contribution in [-0.4, -0.2) is 62.1 Å². The van der Waals surface area contributed by atoms with E-state index in [1.807, 2.05) is 49.3 Å². The van der Waals surface area contributed by atoms with E-state index in [9.17, 15) is 4.79 Å². The van der Waals surface area contributed by atoms with Gasteiger partial charge in [-0.2, -0.15) is 0 Å². The van der Waals surface area contributed by atoms with Crippen molar-refractivity contribution >= 4 is 5.91 Å². The van der Waals surface area contributed by atoms with Crippen LogP contribution in [0.15, 0.2) is 30.3 Å². The molecule has 0 radical (unpaired) electrons. The van der Waals surface area contributed by atoms with Gasteiger partial charge >= 0.3 is 0 Å². The maximum absolute atomic E-state index is 12.6. The van der Waals surface area contributed by atoms with Gasteiger partial charge in [-0.05, 0) is 39.1 Å². The van der Waals surface area contributed by atoms with E-state index in [1.54, 1.807) is 0 Å². The van der Waals surface area contributed by atoms with Crippen molar-refractivity contribution in [3.8, 4) is 0 Å². The van der Waals surface area contributed by atoms with Crippen LogP contribution in [0.1, 0.15) is 23.2 Å². The average molecular weight is 276 g/mol. The smallest absolute Gasteiger partial charge is 0.253 e. The van der Waals surface area contributed by atoms with Gasteiger partial charge in [0.1, 0.15) is 0 Å². The second kappa shape index (κ2) is 7.41. The lowest BCUT2D eigenvalue weighted by atomic mass is 10.1. The molecule has 0 unspecified atom stereocenters. The minimum absolute atomic E-state index is 0.1000. The van der Waals surface area contributed by atoms with E-state index >= 15 is 0 Å². The number of benzene rings is 1. The Morgan fingerprint density at radius 2 is 2.00 bits per heavy atom. The number of carbonyl (C=O) groups is 1. The Morgan fingerprint density at radius 1 is 1.25 bits per heavy atom. The summed E-state index contributed by atoms with van der Waals surface area (Å²) in [4.78, 5) is 16.6. The SMILES string of the molecule is CN(C)CCN(C[C@H]1CCCO1)C(=O)c1ccccc1. The largest absolute Gasteiger partial charge is 0.376 e. The van der Waals surface area contributed by atoms with Crippen LogP contribution < -0.4 is 0 Å². The van der Waals surface area contributed by atoms with Gasteiger partial charge in [0, 0.05) is 31.8 Å². The number of hydrogen-bond acceptors (Lipinski definition) is 3. The summed E-state index contributed by atoms with van der Waals surface area (Å²) < 4.78 is 5.67. The van der Waals surface area contributed by atoms with Crippen molar-refractivity contribution in [1.29, 1.82) is 0 Å². The lowest BCUT2D eigenvalue weighted by molar-refractivity contribution is 0.0512. The van der Waals surface area contributed by atoms with E-state index in [-0.39, 0.29) is 12.0 Å². The highest BCUT2D eigenvalue weighted by Crippen LogP contribution is 2.15. The Kier molecular flexibility index (Phi) is 5.56. The minimum Gasteiger partial charge on any atom is -0.376 e. The molecule has 0 N–H and O–H groups in total. The third kappa shape index (κ3) is 4.32. The highest BCUT2D eigenvalue weighted by Gasteiger charge is 2.23. The number of likely N-dealkylation sites (N-methyl/N-ethyl adjacent to an activating group) is 1. The van der Waals surface area contributed by atoms with Crippen LogP contribution in [0.25, 0.3) is 0 Å². The van der Waals surface area contributed by atoms with Gasteiger partial charge in [-0.3, -0.25) is 4.79 Å². The summed E-state index contributed by atoms with van der Waals surface area (Å²) in [5.74, 6) is 0.1000. The molecule has 1 saturated heterocycles. The van der Waals surface area contributed by atoms with Gasteiger partial charge < -0.3 is 14.5 Å². The monoisotopic (exact) mass is 276 g/mol. The van der Waals surface area contributed by atoms with Crippen molar-refractivity contribution in [2.75, 3.05) is 40.3 Å². The molecule has 0 aliphatic carbocycles. The van der Waals surface area contributed by atoms with Crippen LogP contribution in [0.5, 0.6) is 0 Å². The Balaban J connectivity index is 2.02. The maximum atomic E-state index is 12.6. The Bertz CT molecular complexity index is 414. The van der Waals surface area contributed by atoms with E-state index in [0.717, 1.165) is 38.1 Å². The molecule has 0 saturated carbocycles. The predicted octanol–water partition coefficient (Wildman–Crippen LogP) is 1.87. The van der Waals surface area contributed by atoms with Gasteiger partial charge in [0.15, 0.2) is 0 Å². The maximum Gasteiger partial charge on any atom is 0.253 e. The first-order chi connectivity index (χ1) is 9.66. The first kappa shape index (κ1) is 15.0. The number of amides is 1. The van der Waals surface area contributed by atoms with Crippen LogP contribution in [0.3, 0.4) is 0 Å². The number of ether oxygens (including phenoxy) is 1. The molecule has 110 valence electrons. The van der Waals surface area contributed by atoms with Crippen molar-refractivity contribution in [3.05, 3.63) is 35.9 Å². The predicted molar refractivity (Wildman–Crippen MR) is 79.9 cm³/mol. The average Bonchev–Trinajstić information content (AvgIpc) is 2.96. The first-order valence-electron chi connectivity index (χ1n) is 7.27. The van der Waals surface area contributed by atoms with Crippen molar-refractivity contribution in [2.45, 2.75) is 18.9 Å². The van der Waals surface area contributed by atoms with Crippen LogP contribution in [0, 0.1) is 0 Å². The van der Waals surface area contributed by atoms with Gasteiger partial charge in [-0.25, -0.2) is 0 Å². The second-order valence-electron chi connectivity index (χ2n) is 5.56. The number of rotatable bonds is 6. The number of carbonyl (C=O) groups excluding carboxylic acids is 1. The van der Waals surface area contributed by atoms with Gasteiger partial charge in [-0.15, -0.1) is 0 Å². The quantitative estimate of drug-likeness (QED) is 0.795. The summed E-state index contributed by atoms with van der Waals surface area (Å²) in [6.45, 7) is 3.12. The van der Waals surface area contributed by atoms with Crippen molar-refractivity contribution in [1.82, 2.24) is 9.80 Å². The third-order valence-corrected chi connectivity index (χ3v) is 3.57. The second-order valence-corrected chi connectivity index (χ2v) is 5.56. The van der Waals surface area contributed by atoms with Crippen LogP contribution in [0.2, 0.25) is 0 Å². The molecule has 0 bridgehead atoms. The van der Waals surface area contributed by atoms with Gasteiger partial charge in [0.2, 0.25) is 0 Å². The van der Waals surface area contributed by atoms with Crippen LogP contribution in [-0.2, 0) is 4.74 Å². The normalized spacial score (nSPS) is 18.4. The zero-order valence-electron chi connectivity index (χ0n) is 12.4. The topological polar surface area (TPSA) is 32.8 Å². The fourth-order valence-corrected chi connectivity index (χ4v) is 2.39. The highest BCUT2D eigenvalue weighted by atomic mass is 16.5. The lowest BCUT2D eigenvalue weighted by Crippen LogP contribution is -2.41. The zero-order valence-corrected chi connectivity index (χ0v) is 12.4. The summed E-state index contributed by atoms with van der Waals surface area (Å²) in [5, 5.41) is 0. The third-order valence-electron chi connectivity index (χ3n) is 3.57. The summed E-state index contributed by atoms with van der Waals surface area (Å²) in [6, 6.07) is 9.49. The number of hydrogen-bond donors (Lipinski definition) is 0. The molecule has 1 aromatic rings. The van der Waals surface area contributed by atoms with E-state index < -0.39 is 0 Å². The van der Waals surface area contributed by atoms with Gasteiger partial charge in [-0.1, -0.05) is 18.2 Å². The molecule has 1 fully saturated rings. The van der Waals surface area contributed by atoms with Crippen LogP contribution in [0.4, 0.5) is 0 Å². The van der Waals surface area contributed by atoms with Crippen molar-refractivity contribution in [2.24, 2.45) is 0 Å². The standard InChI is InChI=1S/C16H24N2O2/c1-17(2)10-11-18(13-15-9-6-12-20-15)16(19)14-7-4-3-5-8-14/h3-5,7-8,15H,6,9-13H2,1-2H3/t15-/m1/s1. The van der Waals surface area contributed by atoms with E-state index in [1.165, 1.54) is 0 Å². The molecule has 1 aliphatic heterocycles. The molecule has 2 rings (SSSR count). The highest BCUT2D eigenvalue weighted by molar-refractivity contribution is 5.94. The van der Waals surface area contributed by atoms with Crippen molar-refractivity contribution < 1.29 is 9.53 Å². The summed E-state index contributed by atoms with van der Waals surface area (Å²) >= 11 is 0. The summed E-state index contributed by atoms with van der Waals surface area (Å²) in [5.41, 5.74) is 0.754. The van der Waals surface area contributed by atoms with Gasteiger partial charge in [0.05, 0.1) is 6.10 Å². The molecule has 20 heavy (non-hydrogen) atoms. The van der Waals surface area contributed by atoms with E-state index in [4.69, 9.17) is 4.74 Å². The molecule has 1 aromatic carbocycles. The minimum atomic E-state index is 0.1000. The Morgan fingerprint density at radius 3 is 2.60 bits per heavy atom. The molecule has 0 spiro atoms. The number of nitrogens with zero attached hydrogens (tertiary/aromatic N) is 2. The molecular weight excluding hydrogens is 252 g/mol. The fourth-order valence-electron chi connectivity index (χ4n) is 2.39. The van der Waals surface area contributed by atoms with E-state index in [2.05, 4.69) is 4.90 Å². The molecular formula is C16H24N2O2. The van der Waals surface area contributed by atoms with Crippen LogP contribution >= 0.6 is 0 Å². The Labute approximate surface area is 121 Å². The van der Waals surface area contributed by atoms with Gasteiger partial charge in [0.25, 0.3) is 5.91 Å². The molecule has 1 amide bonds. The molecule has 0 aromatic heterocycles. The molecule has 1 atom stereocenters. The van der Waals surface area contributed by atoms with E-state index in [0.29, 0.717) is 6.54 Å². The fraction of sp³-hybridized carbons (Fsp3) is 0.562. The first-order valence-corrected chi connectivity index (χ1v) is 7.27. The van der Waals surface area contributed by atoms with Crippen molar-refractivity contribution in [3.63, 3.8) is 0 Å². The zero-order chi connectivity index (χ0) is 14.4. The molecule has 1 aliphatic rings. The summed E-state index contributed by atoms with van der Waals surface area (Å²) in [6.07, 6.45) is 2.36. The summed E-state index contributed by atoms with van der Waals surface area (Å²) in [7, 11) is 4.05. The lowest BCUT2D eigenvalue weighted by Gasteiger charge is -2.27.